The van der Waals surface area contributed by atoms with Gasteiger partial charge in [0.25, 0.3) is 0 Å². The van der Waals surface area contributed by atoms with Gasteiger partial charge in [0.15, 0.2) is 12.4 Å². The Bertz CT molecular complexity index is 488. The molecule has 0 unspecified atom stereocenters. The van der Waals surface area contributed by atoms with Crippen LogP contribution in [-0.4, -0.2) is 31.3 Å². The van der Waals surface area contributed by atoms with Crippen LogP contribution in [0.1, 0.15) is 23.2 Å². The highest BCUT2D eigenvalue weighted by Gasteiger charge is 2.09. The average molecular weight is 299 g/mol. The Morgan fingerprint density at radius 1 is 1.10 bits per heavy atom. The number of amides is 2. The van der Waals surface area contributed by atoms with Gasteiger partial charge in [0, 0.05) is 30.5 Å². The summed E-state index contributed by atoms with van der Waals surface area (Å²) in [7, 11) is 1.46. The largest absolute Gasteiger partial charge is 0.357 e. The molecule has 0 saturated heterocycles. The lowest BCUT2D eigenvalue weighted by atomic mass is 10.1. The first kappa shape index (κ1) is 16.1. The molecule has 0 fully saturated rings. The Morgan fingerprint density at radius 3 is 2.35 bits per heavy atom. The molecule has 0 bridgehead atoms. The van der Waals surface area contributed by atoms with E-state index < -0.39 is 5.91 Å². The van der Waals surface area contributed by atoms with Gasteiger partial charge in [0.1, 0.15) is 0 Å². The number of likely N-dealkylation sites (N-methyl/N-ethyl adjacent to an activating group) is 1. The van der Waals surface area contributed by atoms with Crippen molar-refractivity contribution in [1.29, 1.82) is 0 Å². The van der Waals surface area contributed by atoms with Crippen LogP contribution in [0.4, 0.5) is 0 Å². The third kappa shape index (κ3) is 5.81. The van der Waals surface area contributed by atoms with Crippen molar-refractivity contribution < 1.29 is 19.2 Å². The number of ketones is 1. The summed E-state index contributed by atoms with van der Waals surface area (Å²) in [4.78, 5) is 38.6. The second-order valence-corrected chi connectivity index (χ2v) is 4.35. The smallest absolute Gasteiger partial charge is 0.248 e. The number of rotatable bonds is 7. The van der Waals surface area contributed by atoms with Crippen molar-refractivity contribution in [3.05, 3.63) is 34.9 Å². The minimum absolute atomic E-state index is 0.0186. The van der Waals surface area contributed by atoms with Gasteiger partial charge in [0.2, 0.25) is 11.8 Å². The van der Waals surface area contributed by atoms with E-state index in [0.29, 0.717) is 10.6 Å². The second-order valence-electron chi connectivity index (χ2n) is 3.92. The number of carbonyl (C=O) groups excluding carboxylic acids is 3. The SMILES string of the molecule is CNC(=O)CONC(=O)CCC(=O)c1ccc(Cl)cc1. The molecule has 0 aliphatic rings. The van der Waals surface area contributed by atoms with E-state index in [4.69, 9.17) is 11.6 Å². The fourth-order valence-electron chi connectivity index (χ4n) is 1.31. The van der Waals surface area contributed by atoms with E-state index >= 15 is 0 Å². The van der Waals surface area contributed by atoms with Crippen LogP contribution in [0, 0.1) is 0 Å². The first-order chi connectivity index (χ1) is 9.52. The standard InChI is InChI=1S/C13H15ClN2O4/c1-15-13(19)8-20-16-12(18)7-6-11(17)9-2-4-10(14)5-3-9/h2-5H,6-8H2,1H3,(H,15,19)(H,16,18). The number of Topliss-reactive ketones (excluding diaryl/α,β-unsaturated/α-hetero) is 1. The van der Waals surface area contributed by atoms with E-state index in [1.165, 1.54) is 7.05 Å². The molecule has 1 aromatic rings. The quantitative estimate of drug-likeness (QED) is 0.583. The van der Waals surface area contributed by atoms with Crippen LogP contribution in [0.25, 0.3) is 0 Å². The summed E-state index contributed by atoms with van der Waals surface area (Å²) >= 11 is 5.71. The molecule has 108 valence electrons. The van der Waals surface area contributed by atoms with Crippen molar-refractivity contribution in [2.45, 2.75) is 12.8 Å². The summed E-state index contributed by atoms with van der Waals surface area (Å²) in [6.45, 7) is -0.270. The molecule has 0 heterocycles. The van der Waals surface area contributed by atoms with E-state index in [1.807, 2.05) is 0 Å². The van der Waals surface area contributed by atoms with E-state index in [2.05, 4.69) is 15.6 Å². The van der Waals surface area contributed by atoms with Crippen molar-refractivity contribution in [1.82, 2.24) is 10.8 Å². The first-order valence-electron chi connectivity index (χ1n) is 5.93. The summed E-state index contributed by atoms with van der Waals surface area (Å²) in [6, 6.07) is 6.43. The number of benzene rings is 1. The van der Waals surface area contributed by atoms with Gasteiger partial charge in [0.05, 0.1) is 0 Å². The number of halogens is 1. The number of nitrogens with one attached hydrogen (secondary N) is 2. The Labute approximate surface area is 121 Å². The molecule has 0 saturated carbocycles. The molecule has 0 aliphatic heterocycles. The summed E-state index contributed by atoms with van der Waals surface area (Å²) in [5, 5.41) is 2.88. The number of hydrogen-bond donors (Lipinski definition) is 2. The molecular weight excluding hydrogens is 284 g/mol. The van der Waals surface area contributed by atoms with Crippen LogP contribution in [-0.2, 0) is 14.4 Å². The topological polar surface area (TPSA) is 84.5 Å². The third-order valence-corrected chi connectivity index (χ3v) is 2.67. The molecule has 7 heteroatoms. The lowest BCUT2D eigenvalue weighted by Crippen LogP contribution is -2.31. The summed E-state index contributed by atoms with van der Waals surface area (Å²) < 4.78 is 0. The zero-order valence-corrected chi connectivity index (χ0v) is 11.7. The average Bonchev–Trinajstić information content (AvgIpc) is 2.45. The highest BCUT2D eigenvalue weighted by Crippen LogP contribution is 2.11. The van der Waals surface area contributed by atoms with Crippen molar-refractivity contribution in [3.63, 3.8) is 0 Å². The van der Waals surface area contributed by atoms with E-state index in [1.54, 1.807) is 24.3 Å². The maximum Gasteiger partial charge on any atom is 0.248 e. The molecule has 20 heavy (non-hydrogen) atoms. The monoisotopic (exact) mass is 298 g/mol. The van der Waals surface area contributed by atoms with Crippen LogP contribution < -0.4 is 10.8 Å². The molecule has 6 nitrogen and oxygen atoms in total. The van der Waals surface area contributed by atoms with Gasteiger partial charge in [-0.3, -0.25) is 19.2 Å². The fourth-order valence-corrected chi connectivity index (χ4v) is 1.44. The maximum atomic E-state index is 11.8. The predicted molar refractivity (Wildman–Crippen MR) is 73.2 cm³/mol. The van der Waals surface area contributed by atoms with Gasteiger partial charge >= 0.3 is 0 Å². The normalized spacial score (nSPS) is 9.90. The Balaban J connectivity index is 2.28. The molecule has 1 aromatic carbocycles. The molecule has 0 aliphatic carbocycles. The lowest BCUT2D eigenvalue weighted by molar-refractivity contribution is -0.138. The predicted octanol–water partition coefficient (Wildman–Crippen LogP) is 1.10. The van der Waals surface area contributed by atoms with E-state index in [9.17, 15) is 14.4 Å². The third-order valence-electron chi connectivity index (χ3n) is 2.41. The van der Waals surface area contributed by atoms with Crippen molar-refractivity contribution in [2.75, 3.05) is 13.7 Å². The molecule has 1 rings (SSSR count). The maximum absolute atomic E-state index is 11.8. The zero-order valence-electron chi connectivity index (χ0n) is 10.9. The highest BCUT2D eigenvalue weighted by atomic mass is 35.5. The molecule has 0 aromatic heterocycles. The van der Waals surface area contributed by atoms with Gasteiger partial charge in [-0.15, -0.1) is 0 Å². The van der Waals surface area contributed by atoms with Crippen LogP contribution in [0.15, 0.2) is 24.3 Å². The van der Waals surface area contributed by atoms with Gasteiger partial charge < -0.3 is 5.32 Å². The molecular formula is C13H15ClN2O4. The van der Waals surface area contributed by atoms with Gasteiger partial charge in [-0.05, 0) is 24.3 Å². The van der Waals surface area contributed by atoms with Crippen molar-refractivity contribution >= 4 is 29.2 Å². The Morgan fingerprint density at radius 2 is 1.75 bits per heavy atom. The summed E-state index contributed by atoms with van der Waals surface area (Å²) in [5.74, 6) is -0.984. The minimum atomic E-state index is -0.462. The first-order valence-corrected chi connectivity index (χ1v) is 6.30. The van der Waals surface area contributed by atoms with Crippen molar-refractivity contribution in [3.8, 4) is 0 Å². The van der Waals surface area contributed by atoms with Gasteiger partial charge in [-0.1, -0.05) is 11.6 Å². The van der Waals surface area contributed by atoms with Crippen LogP contribution in [0.5, 0.6) is 0 Å². The molecule has 2 N–H and O–H groups in total. The molecule has 2 amide bonds. The Hall–Kier alpha value is -1.92. The van der Waals surface area contributed by atoms with Crippen molar-refractivity contribution in [2.24, 2.45) is 0 Å². The summed E-state index contributed by atoms with van der Waals surface area (Å²) in [5.41, 5.74) is 2.58. The fraction of sp³-hybridized carbons (Fsp3) is 0.308. The summed E-state index contributed by atoms with van der Waals surface area (Å²) in [6.07, 6.45) is 0.0337. The minimum Gasteiger partial charge on any atom is -0.357 e. The highest BCUT2D eigenvalue weighted by molar-refractivity contribution is 6.30. The van der Waals surface area contributed by atoms with Crippen LogP contribution in [0.2, 0.25) is 5.02 Å². The number of carbonyl (C=O) groups is 3. The van der Waals surface area contributed by atoms with Crippen LogP contribution in [0.3, 0.4) is 0 Å². The van der Waals surface area contributed by atoms with Gasteiger partial charge in [-0.2, -0.15) is 0 Å². The van der Waals surface area contributed by atoms with E-state index in [-0.39, 0.29) is 31.1 Å². The van der Waals surface area contributed by atoms with E-state index in [0.717, 1.165) is 0 Å². The van der Waals surface area contributed by atoms with Crippen LogP contribution >= 0.6 is 11.6 Å². The Kier molecular flexibility index (Phi) is 6.69. The molecule has 0 radical (unpaired) electrons. The number of hydrogen-bond acceptors (Lipinski definition) is 4. The molecule has 0 atom stereocenters. The lowest BCUT2D eigenvalue weighted by Gasteiger charge is -2.05. The van der Waals surface area contributed by atoms with Gasteiger partial charge in [-0.25, -0.2) is 5.48 Å². The zero-order chi connectivity index (χ0) is 15.0. The second kappa shape index (κ2) is 8.29. The molecule has 0 spiro atoms. The number of hydroxylamine groups is 1.